The SMILES string of the molecule is CC/C=C\C/C=C\C/C=C\C/C=C\CCC(=O)OCC(COCCCCCCCC/C=C\CCCCCC)OC(=O)CCCCCCC/C=C\CCCCCC. The van der Waals surface area contributed by atoms with Crippen molar-refractivity contribution in [1.82, 2.24) is 0 Å². The van der Waals surface area contributed by atoms with E-state index in [9.17, 15) is 9.59 Å². The molecule has 0 N–H and O–H groups in total. The minimum absolute atomic E-state index is 0.0398. The van der Waals surface area contributed by atoms with Gasteiger partial charge in [0.25, 0.3) is 0 Å². The molecule has 322 valence electrons. The van der Waals surface area contributed by atoms with Crippen LogP contribution in [0.15, 0.2) is 72.9 Å². The molecular formula is C51H88O5. The zero-order valence-electron chi connectivity index (χ0n) is 36.9. The second kappa shape index (κ2) is 46.7. The normalized spacial score (nSPS) is 12.8. The lowest BCUT2D eigenvalue weighted by Gasteiger charge is -2.18. The highest BCUT2D eigenvalue weighted by molar-refractivity contribution is 5.70. The molecule has 0 rings (SSSR count). The molecule has 0 spiro atoms. The number of ether oxygens (including phenoxy) is 3. The lowest BCUT2D eigenvalue weighted by molar-refractivity contribution is -0.162. The largest absolute Gasteiger partial charge is 0.462 e. The van der Waals surface area contributed by atoms with Gasteiger partial charge in [-0.15, -0.1) is 0 Å². The molecule has 0 saturated carbocycles. The van der Waals surface area contributed by atoms with Gasteiger partial charge in [-0.05, 0) is 96.3 Å². The maximum absolute atomic E-state index is 12.7. The maximum atomic E-state index is 12.7. The number of hydrogen-bond donors (Lipinski definition) is 0. The van der Waals surface area contributed by atoms with Gasteiger partial charge in [0.1, 0.15) is 6.61 Å². The van der Waals surface area contributed by atoms with Gasteiger partial charge in [0.2, 0.25) is 0 Å². The number of carbonyl (C=O) groups excluding carboxylic acids is 2. The number of unbranched alkanes of at least 4 members (excludes halogenated alkanes) is 19. The van der Waals surface area contributed by atoms with Crippen molar-refractivity contribution < 1.29 is 23.8 Å². The second-order valence-electron chi connectivity index (χ2n) is 15.3. The van der Waals surface area contributed by atoms with Gasteiger partial charge >= 0.3 is 11.9 Å². The molecule has 0 heterocycles. The first-order chi connectivity index (χ1) is 27.6. The first kappa shape index (κ1) is 53.3. The molecule has 1 unspecified atom stereocenters. The van der Waals surface area contributed by atoms with Crippen molar-refractivity contribution in [2.45, 2.75) is 219 Å². The lowest BCUT2D eigenvalue weighted by Crippen LogP contribution is -2.30. The van der Waals surface area contributed by atoms with Gasteiger partial charge in [0.05, 0.1) is 6.61 Å². The van der Waals surface area contributed by atoms with E-state index in [1.807, 2.05) is 6.08 Å². The molecular weight excluding hydrogens is 693 g/mol. The molecule has 0 bridgehead atoms. The van der Waals surface area contributed by atoms with Crippen LogP contribution in [-0.2, 0) is 23.8 Å². The van der Waals surface area contributed by atoms with Gasteiger partial charge in [0, 0.05) is 19.4 Å². The Balaban J connectivity index is 4.38. The van der Waals surface area contributed by atoms with E-state index in [1.165, 1.54) is 109 Å². The Bertz CT molecular complexity index is 1020. The number of hydrogen-bond acceptors (Lipinski definition) is 5. The Morgan fingerprint density at radius 2 is 0.839 bits per heavy atom. The molecule has 0 amide bonds. The fraction of sp³-hybridized carbons (Fsp3) is 0.725. The highest BCUT2D eigenvalue weighted by atomic mass is 16.6. The van der Waals surface area contributed by atoms with Crippen LogP contribution in [0.3, 0.4) is 0 Å². The van der Waals surface area contributed by atoms with Crippen molar-refractivity contribution in [2.24, 2.45) is 0 Å². The monoisotopic (exact) mass is 781 g/mol. The van der Waals surface area contributed by atoms with Crippen molar-refractivity contribution in [1.29, 1.82) is 0 Å². The van der Waals surface area contributed by atoms with Gasteiger partial charge in [-0.25, -0.2) is 0 Å². The summed E-state index contributed by atoms with van der Waals surface area (Å²) in [6.07, 6.45) is 59.1. The number of allylic oxidation sites excluding steroid dienone is 12. The number of carbonyl (C=O) groups is 2. The molecule has 0 aromatic rings. The van der Waals surface area contributed by atoms with Crippen molar-refractivity contribution in [2.75, 3.05) is 19.8 Å². The predicted molar refractivity (Wildman–Crippen MR) is 242 cm³/mol. The Morgan fingerprint density at radius 3 is 1.36 bits per heavy atom. The summed E-state index contributed by atoms with van der Waals surface area (Å²) in [5, 5.41) is 0. The summed E-state index contributed by atoms with van der Waals surface area (Å²) in [7, 11) is 0. The Morgan fingerprint density at radius 1 is 0.411 bits per heavy atom. The first-order valence-electron chi connectivity index (χ1n) is 23.5. The molecule has 1 atom stereocenters. The highest BCUT2D eigenvalue weighted by Crippen LogP contribution is 2.12. The van der Waals surface area contributed by atoms with E-state index in [4.69, 9.17) is 14.2 Å². The standard InChI is InChI=1S/C51H88O5/c1-4-7-10-13-16-19-22-25-28-31-34-37-40-43-46-54-47-49(56-51(53)45-42-39-36-33-30-27-24-21-18-15-12-9-6-3)48-55-50(52)44-41-38-35-32-29-26-23-20-17-14-11-8-5-2/h8,11,17,19-22,24,26,29,35,38,49H,4-7,9-10,12-16,18,23,25,27-28,30-34,36-37,39-48H2,1-3H3/b11-8-,20-17-,22-19-,24-21-,29-26-,38-35-. The van der Waals surface area contributed by atoms with E-state index in [-0.39, 0.29) is 25.2 Å². The summed E-state index contributed by atoms with van der Waals surface area (Å²) in [6.45, 7) is 7.58. The fourth-order valence-electron chi connectivity index (χ4n) is 6.22. The van der Waals surface area contributed by atoms with Crippen LogP contribution in [0.1, 0.15) is 213 Å². The lowest BCUT2D eigenvalue weighted by atomic mass is 10.1. The zero-order valence-corrected chi connectivity index (χ0v) is 36.9. The molecule has 5 nitrogen and oxygen atoms in total. The summed E-state index contributed by atoms with van der Waals surface area (Å²) in [5.41, 5.74) is 0. The molecule has 0 aromatic heterocycles. The van der Waals surface area contributed by atoms with Crippen LogP contribution in [-0.4, -0.2) is 37.9 Å². The van der Waals surface area contributed by atoms with Crippen LogP contribution in [0, 0.1) is 0 Å². The van der Waals surface area contributed by atoms with Crippen LogP contribution >= 0.6 is 0 Å². The zero-order chi connectivity index (χ0) is 40.7. The van der Waals surface area contributed by atoms with Crippen LogP contribution in [0.25, 0.3) is 0 Å². The van der Waals surface area contributed by atoms with Crippen molar-refractivity contribution in [3.05, 3.63) is 72.9 Å². The quantitative estimate of drug-likeness (QED) is 0.0351. The van der Waals surface area contributed by atoms with E-state index >= 15 is 0 Å². The molecule has 0 aliphatic heterocycles. The highest BCUT2D eigenvalue weighted by Gasteiger charge is 2.17. The van der Waals surface area contributed by atoms with Gasteiger partial charge < -0.3 is 14.2 Å². The van der Waals surface area contributed by atoms with Gasteiger partial charge in [0.15, 0.2) is 6.10 Å². The average Bonchev–Trinajstić information content (AvgIpc) is 3.20. The van der Waals surface area contributed by atoms with Gasteiger partial charge in [-0.2, -0.15) is 0 Å². The molecule has 0 fully saturated rings. The van der Waals surface area contributed by atoms with Crippen molar-refractivity contribution in [3.8, 4) is 0 Å². The first-order valence-corrected chi connectivity index (χ1v) is 23.5. The molecule has 5 heteroatoms. The van der Waals surface area contributed by atoms with Crippen LogP contribution in [0.2, 0.25) is 0 Å². The number of esters is 2. The Kier molecular flexibility index (Phi) is 44.5. The molecule has 0 aromatic carbocycles. The van der Waals surface area contributed by atoms with Crippen LogP contribution < -0.4 is 0 Å². The maximum Gasteiger partial charge on any atom is 0.306 e. The topological polar surface area (TPSA) is 61.8 Å². The third-order valence-corrected chi connectivity index (χ3v) is 9.71. The Hall–Kier alpha value is -2.66. The molecule has 56 heavy (non-hydrogen) atoms. The third-order valence-electron chi connectivity index (χ3n) is 9.71. The summed E-state index contributed by atoms with van der Waals surface area (Å²) in [4.78, 5) is 25.2. The van der Waals surface area contributed by atoms with E-state index < -0.39 is 6.10 Å². The fourth-order valence-corrected chi connectivity index (χ4v) is 6.22. The van der Waals surface area contributed by atoms with Crippen molar-refractivity contribution >= 4 is 11.9 Å². The average molecular weight is 781 g/mol. The van der Waals surface area contributed by atoms with Gasteiger partial charge in [-0.3, -0.25) is 9.59 Å². The molecule has 0 aliphatic carbocycles. The van der Waals surface area contributed by atoms with E-state index in [0.717, 1.165) is 64.2 Å². The predicted octanol–water partition coefficient (Wildman–Crippen LogP) is 15.6. The molecule has 0 aliphatic rings. The van der Waals surface area contributed by atoms with E-state index in [1.54, 1.807) is 0 Å². The minimum Gasteiger partial charge on any atom is -0.462 e. The van der Waals surface area contributed by atoms with E-state index in [2.05, 4.69) is 87.6 Å². The minimum atomic E-state index is -0.572. The van der Waals surface area contributed by atoms with E-state index in [0.29, 0.717) is 25.9 Å². The smallest absolute Gasteiger partial charge is 0.306 e. The summed E-state index contributed by atoms with van der Waals surface area (Å²) in [5.74, 6) is -0.505. The van der Waals surface area contributed by atoms with Crippen LogP contribution in [0.4, 0.5) is 0 Å². The number of rotatable bonds is 42. The second-order valence-corrected chi connectivity index (χ2v) is 15.3. The third kappa shape index (κ3) is 44.1. The molecule has 0 saturated heterocycles. The van der Waals surface area contributed by atoms with Gasteiger partial charge in [-0.1, -0.05) is 177 Å². The summed E-state index contributed by atoms with van der Waals surface area (Å²) < 4.78 is 17.2. The summed E-state index contributed by atoms with van der Waals surface area (Å²) in [6, 6.07) is 0. The molecule has 0 radical (unpaired) electrons. The van der Waals surface area contributed by atoms with Crippen LogP contribution in [0.5, 0.6) is 0 Å². The summed E-state index contributed by atoms with van der Waals surface area (Å²) >= 11 is 0. The van der Waals surface area contributed by atoms with Crippen molar-refractivity contribution in [3.63, 3.8) is 0 Å². The Labute approximate surface area is 347 Å².